The summed E-state index contributed by atoms with van der Waals surface area (Å²) in [5.74, 6) is 2.49. The Morgan fingerprint density at radius 2 is 1.11 bits per heavy atom. The predicted molar refractivity (Wildman–Crippen MR) is 195 cm³/mol. The average Bonchev–Trinajstić information content (AvgIpc) is 3.68. The normalized spacial score (nSPS) is 13.7. The zero-order valence-electron chi connectivity index (χ0n) is 29.4. The Bertz CT molecular complexity index is 1630. The zero-order valence-corrected chi connectivity index (χ0v) is 33.3. The summed E-state index contributed by atoms with van der Waals surface area (Å²) in [6.07, 6.45) is 8.28. The first kappa shape index (κ1) is 40.7. The molecule has 0 aliphatic heterocycles. The van der Waals surface area contributed by atoms with Crippen LogP contribution in [-0.4, -0.2) is 3.21 Å². The van der Waals surface area contributed by atoms with Crippen molar-refractivity contribution in [2.24, 2.45) is 23.7 Å². The third kappa shape index (κ3) is 10.8. The predicted octanol–water partition coefficient (Wildman–Crippen LogP) is 5.89. The molecule has 6 rings (SSSR count). The average molecular weight is 741 g/mol. The van der Waals surface area contributed by atoms with Crippen LogP contribution >= 0.6 is 0 Å². The summed E-state index contributed by atoms with van der Waals surface area (Å²) in [5.41, 5.74) is 8.48. The molecule has 0 saturated carbocycles. The molecule has 1 atom stereocenters. The SMILES string of the molecule is CC(C)C1=[C-]C(C(C)C)C=C1C(C)C.CCc1ccc2c(c1)[cH-]c1cc(CC)ccc12.[Cl-].[Cl-].[Zr+2]=[C](c1ccccc1)c1ccccc1. The topological polar surface area (TPSA) is 0 Å². The van der Waals surface area contributed by atoms with Crippen molar-refractivity contribution in [3.8, 4) is 0 Å². The molecule has 5 aromatic carbocycles. The first-order valence-corrected chi connectivity index (χ1v) is 18.0. The molecule has 3 heteroatoms. The van der Waals surface area contributed by atoms with Crippen LogP contribution < -0.4 is 24.8 Å². The zero-order chi connectivity index (χ0) is 32.5. The number of allylic oxidation sites excluding steroid dienone is 4. The number of halogens is 2. The number of hydrogen-bond donors (Lipinski definition) is 0. The molecule has 0 nitrogen and oxygen atoms in total. The summed E-state index contributed by atoms with van der Waals surface area (Å²) in [5, 5.41) is 5.54. The van der Waals surface area contributed by atoms with E-state index in [4.69, 9.17) is 0 Å². The van der Waals surface area contributed by atoms with E-state index in [1.807, 2.05) is 0 Å². The Balaban J connectivity index is 0.000000242. The molecule has 0 heterocycles. The van der Waals surface area contributed by atoms with Crippen LogP contribution in [0.15, 0.2) is 120 Å². The molecule has 0 saturated heterocycles. The standard InChI is InChI=1S/C17H17.C14H23.C13H10.2ClH.Zr/c1-3-12-5-7-16-14(9-12)11-15-10-13(4-2)6-8-17(15)16;1-9(2)12-7-13(10(3)4)14(8-12)11(5)6;1-3-7-12(8-4-1)11-13-9-5-2-6-10-13;;;/h5-11H,3-4H2,1-2H3;7,9-12H,1-6H3;1-10H;2*1H;/q2*-1;;;;+2/p-2. The fourth-order valence-corrected chi connectivity index (χ4v) is 6.71. The molecule has 0 spiro atoms. The second kappa shape index (κ2) is 19.5. The number of aryl methyl sites for hydroxylation is 2. The van der Waals surface area contributed by atoms with Gasteiger partial charge in [-0.15, -0.1) is 39.7 Å². The Hall–Kier alpha value is -2.44. The van der Waals surface area contributed by atoms with E-state index in [0.717, 1.165) is 12.8 Å². The van der Waals surface area contributed by atoms with Crippen LogP contribution in [0.2, 0.25) is 0 Å². The third-order valence-corrected chi connectivity index (χ3v) is 10.1. The van der Waals surface area contributed by atoms with Crippen LogP contribution in [0.3, 0.4) is 0 Å². The second-order valence-corrected chi connectivity index (χ2v) is 14.3. The van der Waals surface area contributed by atoms with Crippen LogP contribution in [0, 0.1) is 29.7 Å². The van der Waals surface area contributed by atoms with E-state index in [9.17, 15) is 0 Å². The van der Waals surface area contributed by atoms with Crippen LogP contribution in [-0.2, 0) is 37.1 Å². The van der Waals surface area contributed by atoms with Gasteiger partial charge in [0.2, 0.25) is 0 Å². The van der Waals surface area contributed by atoms with Crippen molar-refractivity contribution >= 4 is 24.8 Å². The molecule has 0 N–H and O–H groups in total. The monoisotopic (exact) mass is 738 g/mol. The van der Waals surface area contributed by atoms with Gasteiger partial charge in [-0.25, -0.2) is 5.57 Å². The van der Waals surface area contributed by atoms with Gasteiger partial charge >= 0.3 is 99.2 Å². The van der Waals surface area contributed by atoms with Gasteiger partial charge in [0.25, 0.3) is 0 Å². The molecule has 0 radical (unpaired) electrons. The maximum absolute atomic E-state index is 3.65. The minimum atomic E-state index is 0. The van der Waals surface area contributed by atoms with Crippen molar-refractivity contribution in [3.63, 3.8) is 0 Å². The van der Waals surface area contributed by atoms with Crippen LogP contribution in [0.1, 0.15) is 77.6 Å². The number of rotatable bonds is 7. The van der Waals surface area contributed by atoms with Gasteiger partial charge in [-0.3, -0.25) is 6.08 Å². The van der Waals surface area contributed by atoms with Gasteiger partial charge < -0.3 is 24.8 Å². The fraction of sp³-hybridized carbons (Fsp3) is 0.318. The van der Waals surface area contributed by atoms with Gasteiger partial charge in [-0.2, -0.15) is 11.6 Å². The summed E-state index contributed by atoms with van der Waals surface area (Å²) < 4.78 is 1.42. The molecule has 5 aromatic rings. The first-order valence-electron chi connectivity index (χ1n) is 16.8. The van der Waals surface area contributed by atoms with E-state index < -0.39 is 0 Å². The number of fused-ring (bicyclic) bond motifs is 3. The first-order chi connectivity index (χ1) is 21.6. The summed E-state index contributed by atoms with van der Waals surface area (Å²) in [6.45, 7) is 18.0. The van der Waals surface area contributed by atoms with Gasteiger partial charge in [-0.05, 0) is 12.8 Å². The molecule has 1 aliphatic carbocycles. The Morgan fingerprint density at radius 1 is 0.660 bits per heavy atom. The van der Waals surface area contributed by atoms with Gasteiger partial charge in [0, 0.05) is 0 Å². The molecule has 0 amide bonds. The van der Waals surface area contributed by atoms with Crippen molar-refractivity contribution in [1.29, 1.82) is 0 Å². The van der Waals surface area contributed by atoms with Crippen molar-refractivity contribution in [1.82, 2.24) is 0 Å². The van der Waals surface area contributed by atoms with Gasteiger partial charge in [0.15, 0.2) is 0 Å². The summed E-state index contributed by atoms with van der Waals surface area (Å²) in [6, 6.07) is 37.1. The number of benzene rings is 4. The van der Waals surface area contributed by atoms with E-state index in [-0.39, 0.29) is 24.8 Å². The van der Waals surface area contributed by atoms with Crippen molar-refractivity contribution in [2.75, 3.05) is 0 Å². The Labute approximate surface area is 312 Å². The fourth-order valence-electron chi connectivity index (χ4n) is 5.89. The second-order valence-electron chi connectivity index (χ2n) is 13.1. The van der Waals surface area contributed by atoms with Crippen LogP contribution in [0.5, 0.6) is 0 Å². The molecule has 0 bridgehead atoms. The molecule has 1 aliphatic rings. The van der Waals surface area contributed by atoms with Crippen molar-refractivity contribution in [2.45, 2.75) is 68.2 Å². The summed E-state index contributed by atoms with van der Waals surface area (Å²) >= 11 is 1.46. The molecule has 246 valence electrons. The quantitative estimate of drug-likeness (QED) is 0.183. The van der Waals surface area contributed by atoms with E-state index in [1.165, 1.54) is 82.4 Å². The summed E-state index contributed by atoms with van der Waals surface area (Å²) in [7, 11) is 0. The molecule has 1 unspecified atom stereocenters. The number of hydrogen-bond acceptors (Lipinski definition) is 0. The maximum atomic E-state index is 3.65. The molecule has 0 aromatic heterocycles. The van der Waals surface area contributed by atoms with E-state index in [0.29, 0.717) is 23.7 Å². The Kier molecular flexibility index (Phi) is 16.9. The summed E-state index contributed by atoms with van der Waals surface area (Å²) in [4.78, 5) is 0. The molecule has 0 fully saturated rings. The molecular weight excluding hydrogens is 691 g/mol. The van der Waals surface area contributed by atoms with E-state index >= 15 is 0 Å². The van der Waals surface area contributed by atoms with Crippen LogP contribution in [0.4, 0.5) is 0 Å². The molecular formula is C44H50Cl2Zr-2. The van der Waals surface area contributed by atoms with Crippen molar-refractivity contribution in [3.05, 3.63) is 149 Å². The van der Waals surface area contributed by atoms with Gasteiger partial charge in [0.1, 0.15) is 0 Å². The van der Waals surface area contributed by atoms with E-state index in [2.05, 4.69) is 171 Å². The van der Waals surface area contributed by atoms with Crippen LogP contribution in [0.25, 0.3) is 21.5 Å². The third-order valence-electron chi connectivity index (χ3n) is 8.68. The van der Waals surface area contributed by atoms with Crippen molar-refractivity contribution < 1.29 is 49.0 Å². The molecule has 47 heavy (non-hydrogen) atoms. The van der Waals surface area contributed by atoms with Gasteiger partial charge in [-0.1, -0.05) is 114 Å². The van der Waals surface area contributed by atoms with E-state index in [1.54, 1.807) is 0 Å². The Morgan fingerprint density at radius 3 is 1.45 bits per heavy atom. The van der Waals surface area contributed by atoms with Gasteiger partial charge in [0.05, 0.1) is 0 Å². The minimum absolute atomic E-state index is 0.